The fourth-order valence-corrected chi connectivity index (χ4v) is 2.88. The lowest BCUT2D eigenvalue weighted by Gasteiger charge is -2.16. The molecule has 2 nitrogen and oxygen atoms in total. The number of aryl methyl sites for hydroxylation is 2. The standard InChI is InChI=1S/C20H26O2/c1-3-5-7-16-13-19(22)14-17(8-6-4-2)20(16)15-9-11-18(21)12-10-15/h9-14,21-22H,3-8H2,1-2H3. The van der Waals surface area contributed by atoms with Crippen molar-refractivity contribution in [2.24, 2.45) is 0 Å². The topological polar surface area (TPSA) is 40.5 Å². The van der Waals surface area contributed by atoms with Crippen LogP contribution in [0.1, 0.15) is 50.7 Å². The van der Waals surface area contributed by atoms with Crippen LogP contribution in [0.15, 0.2) is 36.4 Å². The van der Waals surface area contributed by atoms with Gasteiger partial charge in [-0.2, -0.15) is 0 Å². The zero-order valence-corrected chi connectivity index (χ0v) is 13.6. The van der Waals surface area contributed by atoms with Crippen molar-refractivity contribution < 1.29 is 10.2 Å². The largest absolute Gasteiger partial charge is 0.508 e. The van der Waals surface area contributed by atoms with E-state index in [9.17, 15) is 10.2 Å². The number of aromatic hydroxyl groups is 2. The molecular weight excluding hydrogens is 272 g/mol. The number of phenols is 2. The summed E-state index contributed by atoms with van der Waals surface area (Å²) in [7, 11) is 0. The van der Waals surface area contributed by atoms with Crippen molar-refractivity contribution in [3.8, 4) is 22.6 Å². The van der Waals surface area contributed by atoms with Crippen LogP contribution in [0.4, 0.5) is 0 Å². The Morgan fingerprint density at radius 1 is 0.727 bits per heavy atom. The Bertz CT molecular complexity index is 571. The van der Waals surface area contributed by atoms with E-state index in [0.29, 0.717) is 5.75 Å². The van der Waals surface area contributed by atoms with Gasteiger partial charge in [-0.3, -0.25) is 0 Å². The molecule has 0 saturated heterocycles. The third-order valence-corrected chi connectivity index (χ3v) is 4.04. The van der Waals surface area contributed by atoms with E-state index in [1.165, 1.54) is 16.7 Å². The molecule has 2 N–H and O–H groups in total. The summed E-state index contributed by atoms with van der Waals surface area (Å²) in [5.74, 6) is 0.646. The molecule has 0 aliphatic rings. The second kappa shape index (κ2) is 7.88. The minimum atomic E-state index is 0.285. The summed E-state index contributed by atoms with van der Waals surface area (Å²) >= 11 is 0. The van der Waals surface area contributed by atoms with Gasteiger partial charge >= 0.3 is 0 Å². The highest BCUT2D eigenvalue weighted by Crippen LogP contribution is 2.34. The van der Waals surface area contributed by atoms with Crippen molar-refractivity contribution in [1.29, 1.82) is 0 Å². The fraction of sp³-hybridized carbons (Fsp3) is 0.400. The molecule has 0 aliphatic heterocycles. The average Bonchev–Trinajstić information content (AvgIpc) is 2.51. The summed E-state index contributed by atoms with van der Waals surface area (Å²) in [4.78, 5) is 0. The lowest BCUT2D eigenvalue weighted by Crippen LogP contribution is -1.97. The predicted octanol–water partition coefficient (Wildman–Crippen LogP) is 5.45. The molecule has 2 aromatic rings. The second-order valence-corrected chi connectivity index (χ2v) is 5.89. The first-order valence-corrected chi connectivity index (χ1v) is 8.29. The Hall–Kier alpha value is -1.96. The molecule has 0 aliphatic carbocycles. The SMILES string of the molecule is CCCCc1cc(O)cc(CCCC)c1-c1ccc(O)cc1. The molecule has 0 atom stereocenters. The molecule has 118 valence electrons. The van der Waals surface area contributed by atoms with Gasteiger partial charge in [0.1, 0.15) is 11.5 Å². The molecule has 0 aromatic heterocycles. The minimum absolute atomic E-state index is 0.285. The number of phenolic OH excluding ortho intramolecular Hbond substituents is 2. The number of hydrogen-bond donors (Lipinski definition) is 2. The molecule has 0 heterocycles. The van der Waals surface area contributed by atoms with Crippen LogP contribution in [-0.2, 0) is 12.8 Å². The maximum atomic E-state index is 10.1. The molecule has 0 saturated carbocycles. The van der Waals surface area contributed by atoms with Gasteiger partial charge in [0, 0.05) is 0 Å². The Balaban J connectivity index is 2.51. The lowest BCUT2D eigenvalue weighted by atomic mass is 9.89. The Kier molecular flexibility index (Phi) is 5.88. The molecule has 2 heteroatoms. The highest BCUT2D eigenvalue weighted by molar-refractivity contribution is 5.73. The molecule has 0 fully saturated rings. The smallest absolute Gasteiger partial charge is 0.116 e. The van der Waals surface area contributed by atoms with E-state index >= 15 is 0 Å². The number of rotatable bonds is 7. The van der Waals surface area contributed by atoms with Crippen LogP contribution in [0, 0.1) is 0 Å². The highest BCUT2D eigenvalue weighted by Gasteiger charge is 2.13. The molecule has 2 aromatic carbocycles. The molecule has 0 spiro atoms. The van der Waals surface area contributed by atoms with E-state index in [1.807, 2.05) is 24.3 Å². The molecule has 0 bridgehead atoms. The summed E-state index contributed by atoms with van der Waals surface area (Å²) < 4.78 is 0. The summed E-state index contributed by atoms with van der Waals surface area (Å²) in [5, 5.41) is 19.6. The van der Waals surface area contributed by atoms with Gasteiger partial charge in [0.05, 0.1) is 0 Å². The van der Waals surface area contributed by atoms with Crippen LogP contribution in [0.2, 0.25) is 0 Å². The molecule has 0 radical (unpaired) electrons. The van der Waals surface area contributed by atoms with E-state index in [-0.39, 0.29) is 5.75 Å². The molecule has 0 amide bonds. The molecule has 22 heavy (non-hydrogen) atoms. The first-order valence-electron chi connectivity index (χ1n) is 8.29. The molecule has 0 unspecified atom stereocenters. The number of unbranched alkanes of at least 4 members (excludes halogenated alkanes) is 2. The van der Waals surface area contributed by atoms with Gasteiger partial charge in [0.25, 0.3) is 0 Å². The van der Waals surface area contributed by atoms with Gasteiger partial charge < -0.3 is 10.2 Å². The lowest BCUT2D eigenvalue weighted by molar-refractivity contribution is 0.473. The summed E-state index contributed by atoms with van der Waals surface area (Å²) in [6.07, 6.45) is 6.44. The van der Waals surface area contributed by atoms with Gasteiger partial charge in [-0.25, -0.2) is 0 Å². The van der Waals surface area contributed by atoms with Gasteiger partial charge in [-0.15, -0.1) is 0 Å². The van der Waals surface area contributed by atoms with E-state index in [2.05, 4.69) is 13.8 Å². The quantitative estimate of drug-likeness (QED) is 0.713. The Morgan fingerprint density at radius 3 is 1.68 bits per heavy atom. The number of hydrogen-bond acceptors (Lipinski definition) is 2. The zero-order chi connectivity index (χ0) is 15.9. The fourth-order valence-electron chi connectivity index (χ4n) is 2.88. The summed E-state index contributed by atoms with van der Waals surface area (Å²) in [6, 6.07) is 11.2. The maximum absolute atomic E-state index is 10.1. The van der Waals surface area contributed by atoms with Crippen molar-refractivity contribution in [1.82, 2.24) is 0 Å². The van der Waals surface area contributed by atoms with Gasteiger partial charge in [0.2, 0.25) is 0 Å². The summed E-state index contributed by atoms with van der Waals surface area (Å²) in [6.45, 7) is 4.36. The second-order valence-electron chi connectivity index (χ2n) is 5.89. The summed E-state index contributed by atoms with van der Waals surface area (Å²) in [5.41, 5.74) is 4.77. The van der Waals surface area contributed by atoms with Crippen LogP contribution in [-0.4, -0.2) is 10.2 Å². The van der Waals surface area contributed by atoms with Crippen molar-refractivity contribution in [3.63, 3.8) is 0 Å². The Morgan fingerprint density at radius 2 is 1.23 bits per heavy atom. The number of benzene rings is 2. The predicted molar refractivity (Wildman–Crippen MR) is 92.4 cm³/mol. The van der Waals surface area contributed by atoms with Crippen LogP contribution in [0.25, 0.3) is 11.1 Å². The van der Waals surface area contributed by atoms with Gasteiger partial charge in [-0.05, 0) is 72.2 Å². The van der Waals surface area contributed by atoms with Crippen LogP contribution < -0.4 is 0 Å². The van der Waals surface area contributed by atoms with Crippen molar-refractivity contribution in [3.05, 3.63) is 47.5 Å². The highest BCUT2D eigenvalue weighted by atomic mass is 16.3. The molecular formula is C20H26O2. The first-order chi connectivity index (χ1) is 10.7. The third kappa shape index (κ3) is 4.03. The van der Waals surface area contributed by atoms with Crippen LogP contribution in [0.5, 0.6) is 11.5 Å². The first kappa shape index (κ1) is 16.4. The monoisotopic (exact) mass is 298 g/mol. The minimum Gasteiger partial charge on any atom is -0.508 e. The molecule has 2 rings (SSSR count). The average molecular weight is 298 g/mol. The van der Waals surface area contributed by atoms with E-state index in [1.54, 1.807) is 12.1 Å². The van der Waals surface area contributed by atoms with Crippen LogP contribution >= 0.6 is 0 Å². The zero-order valence-electron chi connectivity index (χ0n) is 13.6. The van der Waals surface area contributed by atoms with E-state index in [0.717, 1.165) is 44.1 Å². The van der Waals surface area contributed by atoms with Crippen LogP contribution in [0.3, 0.4) is 0 Å². The van der Waals surface area contributed by atoms with Crippen molar-refractivity contribution in [2.45, 2.75) is 52.4 Å². The van der Waals surface area contributed by atoms with Gasteiger partial charge in [-0.1, -0.05) is 38.8 Å². The van der Waals surface area contributed by atoms with Crippen molar-refractivity contribution >= 4 is 0 Å². The van der Waals surface area contributed by atoms with E-state index < -0.39 is 0 Å². The van der Waals surface area contributed by atoms with Gasteiger partial charge in [0.15, 0.2) is 0 Å². The van der Waals surface area contributed by atoms with E-state index in [4.69, 9.17) is 0 Å². The normalized spacial score (nSPS) is 10.8. The third-order valence-electron chi connectivity index (χ3n) is 4.04. The maximum Gasteiger partial charge on any atom is 0.116 e. The van der Waals surface area contributed by atoms with Crippen molar-refractivity contribution in [2.75, 3.05) is 0 Å². The Labute approximate surface area is 133 Å².